The SMILES string of the molecule is CC(C(=O)NCc1ccc(C(F)(F)F)c(Nc2nc3cc(C(=O)N[C@H]4CC[C@H](C(F)(F)F)CC4)c(OCC(F)F)nc3n2C)c1)C(F)(F)F. The Kier molecular flexibility index (Phi) is 10.9. The average Bonchev–Trinajstić information content (AvgIpc) is 3.30. The molecule has 270 valence electrons. The van der Waals surface area contributed by atoms with Crippen molar-refractivity contribution < 1.29 is 62.6 Å². The van der Waals surface area contributed by atoms with Crippen molar-refractivity contribution in [2.75, 3.05) is 11.9 Å². The van der Waals surface area contributed by atoms with Crippen LogP contribution in [0.5, 0.6) is 5.88 Å². The van der Waals surface area contributed by atoms with Crippen molar-refractivity contribution in [2.45, 2.75) is 70.1 Å². The highest BCUT2D eigenvalue weighted by Gasteiger charge is 2.42. The van der Waals surface area contributed by atoms with E-state index < -0.39 is 90.5 Å². The molecule has 1 unspecified atom stereocenters. The van der Waals surface area contributed by atoms with Gasteiger partial charge in [-0.3, -0.25) is 14.2 Å². The van der Waals surface area contributed by atoms with Crippen LogP contribution in [-0.4, -0.2) is 57.8 Å². The third-order valence-corrected chi connectivity index (χ3v) is 7.91. The van der Waals surface area contributed by atoms with Gasteiger partial charge in [-0.1, -0.05) is 6.07 Å². The van der Waals surface area contributed by atoms with Crippen molar-refractivity contribution in [3.8, 4) is 5.88 Å². The molecule has 1 aliphatic carbocycles. The van der Waals surface area contributed by atoms with Crippen molar-refractivity contribution in [2.24, 2.45) is 18.9 Å². The zero-order valence-corrected chi connectivity index (χ0v) is 25.6. The minimum atomic E-state index is -4.93. The van der Waals surface area contributed by atoms with E-state index in [9.17, 15) is 57.9 Å². The molecule has 1 aliphatic rings. The second-order valence-electron chi connectivity index (χ2n) is 11.4. The number of aromatic nitrogens is 3. The monoisotopic (exact) mass is 718 g/mol. The molecule has 1 fully saturated rings. The summed E-state index contributed by atoms with van der Waals surface area (Å²) in [4.78, 5) is 33.3. The van der Waals surface area contributed by atoms with E-state index in [1.807, 2.05) is 5.32 Å². The predicted molar refractivity (Wildman–Crippen MR) is 151 cm³/mol. The molecule has 0 aliphatic heterocycles. The number of amides is 2. The summed E-state index contributed by atoms with van der Waals surface area (Å²) in [7, 11) is 1.29. The molecule has 0 bridgehead atoms. The number of alkyl halides is 11. The van der Waals surface area contributed by atoms with Crippen LogP contribution in [0.3, 0.4) is 0 Å². The minimum Gasteiger partial charge on any atom is -0.471 e. The highest BCUT2D eigenvalue weighted by Crippen LogP contribution is 2.39. The molecule has 0 saturated heterocycles. The number of carbonyl (C=O) groups is 2. The number of nitrogens with zero attached hydrogens (tertiary/aromatic N) is 3. The summed E-state index contributed by atoms with van der Waals surface area (Å²) in [6, 6.07) is 2.91. The van der Waals surface area contributed by atoms with E-state index in [0.29, 0.717) is 13.0 Å². The maximum atomic E-state index is 13.9. The fraction of sp³-hybridized carbons (Fsp3) is 0.517. The third-order valence-electron chi connectivity index (χ3n) is 7.91. The number of hydrogen-bond donors (Lipinski definition) is 3. The first-order valence-corrected chi connectivity index (χ1v) is 14.6. The molecule has 9 nitrogen and oxygen atoms in total. The number of aryl methyl sites for hydroxylation is 1. The maximum absolute atomic E-state index is 13.9. The summed E-state index contributed by atoms with van der Waals surface area (Å²) in [5.41, 5.74) is -2.50. The molecule has 20 heteroatoms. The molecule has 1 atom stereocenters. The van der Waals surface area contributed by atoms with E-state index in [4.69, 9.17) is 4.74 Å². The van der Waals surface area contributed by atoms with Crippen LogP contribution in [0.15, 0.2) is 24.3 Å². The second kappa shape index (κ2) is 14.2. The van der Waals surface area contributed by atoms with E-state index in [-0.39, 0.29) is 48.4 Å². The van der Waals surface area contributed by atoms with Crippen molar-refractivity contribution in [3.63, 3.8) is 0 Å². The topological polar surface area (TPSA) is 110 Å². The molecule has 2 amide bonds. The van der Waals surface area contributed by atoms with Crippen LogP contribution < -0.4 is 20.7 Å². The Labute approximate surface area is 270 Å². The largest absolute Gasteiger partial charge is 0.471 e. The Bertz CT molecular complexity index is 1660. The number of rotatable bonds is 10. The fourth-order valence-corrected chi connectivity index (χ4v) is 5.11. The smallest absolute Gasteiger partial charge is 0.418 e. The van der Waals surface area contributed by atoms with Gasteiger partial charge in [0.25, 0.3) is 12.3 Å². The molecule has 3 aromatic rings. The minimum absolute atomic E-state index is 0.0118. The number of pyridine rings is 1. The van der Waals surface area contributed by atoms with E-state index in [1.165, 1.54) is 7.05 Å². The molecule has 2 aromatic heterocycles. The zero-order chi connectivity index (χ0) is 36.5. The Morgan fingerprint density at radius 1 is 0.980 bits per heavy atom. The summed E-state index contributed by atoms with van der Waals surface area (Å²) in [6.45, 7) is -1.13. The molecule has 3 N–H and O–H groups in total. The van der Waals surface area contributed by atoms with Crippen molar-refractivity contribution in [1.29, 1.82) is 0 Å². The molecule has 1 saturated carbocycles. The van der Waals surface area contributed by atoms with Gasteiger partial charge in [0.05, 0.1) is 17.2 Å². The number of fused-ring (bicyclic) bond motifs is 1. The van der Waals surface area contributed by atoms with Gasteiger partial charge in [0.2, 0.25) is 17.7 Å². The highest BCUT2D eigenvalue weighted by molar-refractivity contribution is 5.99. The zero-order valence-electron chi connectivity index (χ0n) is 25.6. The van der Waals surface area contributed by atoms with Crippen LogP contribution >= 0.6 is 0 Å². The lowest BCUT2D eigenvalue weighted by Crippen LogP contribution is -2.40. The number of carbonyl (C=O) groups excluding carboxylic acids is 2. The fourth-order valence-electron chi connectivity index (χ4n) is 5.11. The predicted octanol–water partition coefficient (Wildman–Crippen LogP) is 7.04. The van der Waals surface area contributed by atoms with E-state index in [0.717, 1.165) is 22.8 Å². The first-order chi connectivity index (χ1) is 22.6. The van der Waals surface area contributed by atoms with Crippen LogP contribution in [0.2, 0.25) is 0 Å². The van der Waals surface area contributed by atoms with E-state index in [2.05, 4.69) is 20.6 Å². The summed E-state index contributed by atoms with van der Waals surface area (Å²) in [6.07, 6.45) is -17.7. The molecule has 1 aromatic carbocycles. The number of hydrogen-bond acceptors (Lipinski definition) is 6. The highest BCUT2D eigenvalue weighted by atomic mass is 19.4. The van der Waals surface area contributed by atoms with Gasteiger partial charge in [0.15, 0.2) is 12.3 Å². The quantitative estimate of drug-likeness (QED) is 0.194. The van der Waals surface area contributed by atoms with Crippen molar-refractivity contribution >= 4 is 34.6 Å². The van der Waals surface area contributed by atoms with E-state index in [1.54, 1.807) is 0 Å². The lowest BCUT2D eigenvalue weighted by molar-refractivity contribution is -0.182. The summed E-state index contributed by atoms with van der Waals surface area (Å²) < 4.78 is 152. The van der Waals surface area contributed by atoms with Gasteiger partial charge in [-0.05, 0) is 56.4 Å². The normalized spacial score (nSPS) is 18.0. The Balaban J connectivity index is 1.63. The lowest BCUT2D eigenvalue weighted by atomic mass is 9.85. The van der Waals surface area contributed by atoms with Crippen LogP contribution in [-0.2, 0) is 24.6 Å². The standard InChI is InChI=1S/C29H29F11N6O3/c1-13(27(32,33)34)23(47)41-11-14-3-8-18(29(38,39)40)19(9-14)43-26-44-20-10-17(25(49-12-21(30)31)45-22(20)46(26)2)24(48)42-16-6-4-15(5-7-16)28(35,36)37/h3,8-10,13,15-16,21H,4-7,11-12H2,1-2H3,(H,41,47)(H,42,48)(H,43,44)/t13?,15-,16-. The van der Waals surface area contributed by atoms with Crippen LogP contribution in [0.25, 0.3) is 11.2 Å². The van der Waals surface area contributed by atoms with Gasteiger partial charge in [0.1, 0.15) is 17.0 Å². The van der Waals surface area contributed by atoms with E-state index >= 15 is 0 Å². The molecular weight excluding hydrogens is 689 g/mol. The van der Waals surface area contributed by atoms with Gasteiger partial charge < -0.3 is 20.7 Å². The van der Waals surface area contributed by atoms with Crippen molar-refractivity contribution in [1.82, 2.24) is 25.2 Å². The van der Waals surface area contributed by atoms with Gasteiger partial charge in [0, 0.05) is 19.6 Å². The number of benzene rings is 1. The molecule has 2 heterocycles. The van der Waals surface area contributed by atoms with Crippen molar-refractivity contribution in [3.05, 3.63) is 41.0 Å². The lowest BCUT2D eigenvalue weighted by Gasteiger charge is -2.30. The number of ether oxygens (including phenoxy) is 1. The molecular formula is C29H29F11N6O3. The average molecular weight is 719 g/mol. The Hall–Kier alpha value is -4.39. The first kappa shape index (κ1) is 37.4. The first-order valence-electron chi connectivity index (χ1n) is 14.6. The van der Waals surface area contributed by atoms with Gasteiger partial charge in [-0.2, -0.15) is 44.5 Å². The van der Waals surface area contributed by atoms with Crippen LogP contribution in [0, 0.1) is 11.8 Å². The molecule has 0 spiro atoms. The maximum Gasteiger partial charge on any atom is 0.418 e. The Morgan fingerprint density at radius 2 is 1.63 bits per heavy atom. The van der Waals surface area contributed by atoms with Gasteiger partial charge >= 0.3 is 18.5 Å². The Morgan fingerprint density at radius 3 is 2.20 bits per heavy atom. The molecule has 49 heavy (non-hydrogen) atoms. The number of imidazole rings is 1. The molecule has 4 rings (SSSR count). The summed E-state index contributed by atoms with van der Waals surface area (Å²) in [5, 5.41) is 7.02. The number of halogens is 11. The number of anilines is 2. The second-order valence-corrected chi connectivity index (χ2v) is 11.4. The van der Waals surface area contributed by atoms with Gasteiger partial charge in [-0.25, -0.2) is 13.8 Å². The summed E-state index contributed by atoms with van der Waals surface area (Å²) in [5.74, 6) is -7.12. The van der Waals surface area contributed by atoms with Crippen LogP contribution in [0.4, 0.5) is 59.9 Å². The molecule has 0 radical (unpaired) electrons. The third kappa shape index (κ3) is 9.20. The van der Waals surface area contributed by atoms with Gasteiger partial charge in [-0.15, -0.1) is 0 Å². The summed E-state index contributed by atoms with van der Waals surface area (Å²) >= 11 is 0. The van der Waals surface area contributed by atoms with Crippen LogP contribution in [0.1, 0.15) is 54.1 Å². The number of nitrogens with one attached hydrogen (secondary N) is 3.